The van der Waals surface area contributed by atoms with Crippen molar-refractivity contribution in [3.63, 3.8) is 0 Å². The first-order chi connectivity index (χ1) is 12.1. The minimum atomic E-state index is -0.514. The molecule has 1 N–H and O–H groups in total. The molecule has 1 aromatic rings. The van der Waals surface area contributed by atoms with Crippen LogP contribution in [0.2, 0.25) is 0 Å². The van der Waals surface area contributed by atoms with Crippen LogP contribution in [0.25, 0.3) is 0 Å². The van der Waals surface area contributed by atoms with Gasteiger partial charge in [-0.15, -0.1) is 0 Å². The number of nitrogens with one attached hydrogen (secondary N) is 1. The molecular formula is C20H19FeNO4+2. The van der Waals surface area contributed by atoms with Crippen LogP contribution in [0.1, 0.15) is 12.5 Å². The van der Waals surface area contributed by atoms with E-state index < -0.39 is 6.09 Å². The number of carbonyl (C=O) groups excluding carboxylic acids is 2. The van der Waals surface area contributed by atoms with E-state index >= 15 is 0 Å². The van der Waals surface area contributed by atoms with Gasteiger partial charge in [-0.2, -0.15) is 0 Å². The van der Waals surface area contributed by atoms with Gasteiger partial charge in [0.25, 0.3) is 0 Å². The maximum atomic E-state index is 11.5. The Hall–Kier alpha value is -1.52. The summed E-state index contributed by atoms with van der Waals surface area (Å²) in [4.78, 5) is 22.3. The molecule has 2 aliphatic carbocycles. The molecule has 1 aromatic carbocycles. The third kappa shape index (κ3) is 9.25. The fraction of sp³-hybridized carbons (Fsp3) is 0.100. The Morgan fingerprint density at radius 2 is 1.42 bits per heavy atom. The summed E-state index contributed by atoms with van der Waals surface area (Å²) >= 11 is 0. The first-order valence-electron chi connectivity index (χ1n) is 7.73. The van der Waals surface area contributed by atoms with Gasteiger partial charge in [0.1, 0.15) is 12.4 Å². The number of carbonyl (C=O) groups is 2. The molecule has 6 heteroatoms. The maximum Gasteiger partial charge on any atom is 2.00 e. The van der Waals surface area contributed by atoms with Crippen molar-refractivity contribution in [3.05, 3.63) is 93.7 Å². The second-order valence-corrected chi connectivity index (χ2v) is 5.07. The number of benzene rings is 1. The van der Waals surface area contributed by atoms with Gasteiger partial charge in [-0.25, -0.2) is 4.79 Å². The van der Waals surface area contributed by atoms with Crippen LogP contribution in [-0.4, -0.2) is 12.1 Å². The average molecular weight is 393 g/mol. The number of rotatable bonds is 4. The molecule has 10 radical (unpaired) electrons. The molecular weight excluding hydrogens is 374 g/mol. The zero-order valence-corrected chi connectivity index (χ0v) is 15.3. The van der Waals surface area contributed by atoms with Gasteiger partial charge in [0, 0.05) is 6.92 Å². The van der Waals surface area contributed by atoms with Crippen molar-refractivity contribution >= 4 is 12.1 Å². The van der Waals surface area contributed by atoms with Gasteiger partial charge in [-0.3, -0.25) is 4.79 Å². The SMILES string of the molecule is CC(=O)Oc1ccc(COC(=O)N[C]2[CH][CH][CH][CH]2)cc1.[CH]1[CH][CH][CH][CH]1.[Fe+2]. The number of hydrogen-bond donors (Lipinski definition) is 1. The standard InChI is InChI=1S/C15H14NO4.C5H5.Fe/c1-11(17)20-14-8-6-12(7-9-14)10-19-15(18)16-13-4-2-3-5-13;1-2-4-5-3-1;/h2-9H,10H2,1H3,(H,16,18);1-5H;/q;;+2. The molecule has 0 aromatic heterocycles. The van der Waals surface area contributed by atoms with Crippen molar-refractivity contribution in [1.29, 1.82) is 0 Å². The summed E-state index contributed by atoms with van der Waals surface area (Å²) < 4.78 is 9.97. The summed E-state index contributed by atoms with van der Waals surface area (Å²) in [6.45, 7) is 1.48. The van der Waals surface area contributed by atoms with Crippen LogP contribution in [0.3, 0.4) is 0 Å². The minimum Gasteiger partial charge on any atom is -0.445 e. The predicted molar refractivity (Wildman–Crippen MR) is 93.0 cm³/mol. The molecule has 0 aliphatic heterocycles. The summed E-state index contributed by atoms with van der Waals surface area (Å²) in [5.41, 5.74) is 0.804. The second kappa shape index (κ2) is 12.8. The first kappa shape index (κ1) is 22.5. The number of alkyl carbamates (subject to hydrolysis) is 1. The Labute approximate surface area is 166 Å². The van der Waals surface area contributed by atoms with Crippen LogP contribution in [0.4, 0.5) is 4.79 Å². The summed E-state index contributed by atoms with van der Waals surface area (Å²) in [5, 5.41) is 2.60. The van der Waals surface area contributed by atoms with Gasteiger partial charge < -0.3 is 14.8 Å². The fourth-order valence-corrected chi connectivity index (χ4v) is 1.90. The average Bonchev–Trinajstić information content (AvgIpc) is 3.30. The summed E-state index contributed by atoms with van der Waals surface area (Å²) in [5.74, 6) is 0.0885. The van der Waals surface area contributed by atoms with Crippen LogP contribution in [0, 0.1) is 63.8 Å². The molecule has 2 fully saturated rings. The molecule has 2 aliphatic rings. The number of esters is 1. The topological polar surface area (TPSA) is 64.6 Å². The van der Waals surface area contributed by atoms with Gasteiger partial charge in [-0.1, -0.05) is 12.1 Å². The molecule has 1 amide bonds. The molecule has 0 unspecified atom stereocenters. The van der Waals surface area contributed by atoms with Gasteiger partial charge in [0.05, 0.1) is 6.04 Å². The fourth-order valence-electron chi connectivity index (χ4n) is 1.90. The van der Waals surface area contributed by atoms with Crippen molar-refractivity contribution in [2.45, 2.75) is 13.5 Å². The monoisotopic (exact) mass is 393 g/mol. The Morgan fingerprint density at radius 3 is 1.92 bits per heavy atom. The molecule has 134 valence electrons. The van der Waals surface area contributed by atoms with Crippen molar-refractivity contribution in [2.24, 2.45) is 0 Å². The van der Waals surface area contributed by atoms with E-state index in [1.165, 1.54) is 6.92 Å². The summed E-state index contributed by atoms with van der Waals surface area (Å²) in [6.07, 6.45) is 16.7. The van der Waals surface area contributed by atoms with Gasteiger partial charge in [-0.05, 0) is 75.5 Å². The zero-order valence-electron chi connectivity index (χ0n) is 14.2. The molecule has 0 atom stereocenters. The Kier molecular flexibility index (Phi) is 11.1. The van der Waals surface area contributed by atoms with Crippen LogP contribution in [-0.2, 0) is 33.2 Å². The van der Waals surface area contributed by atoms with Gasteiger partial charge >= 0.3 is 29.1 Å². The Morgan fingerprint density at radius 1 is 0.885 bits per heavy atom. The number of amides is 1. The number of hydrogen-bond acceptors (Lipinski definition) is 4. The van der Waals surface area contributed by atoms with E-state index in [2.05, 4.69) is 5.32 Å². The first-order valence-corrected chi connectivity index (χ1v) is 7.73. The van der Waals surface area contributed by atoms with Crippen molar-refractivity contribution in [2.75, 3.05) is 0 Å². The quantitative estimate of drug-likeness (QED) is 0.485. The summed E-state index contributed by atoms with van der Waals surface area (Å²) in [7, 11) is 0. The van der Waals surface area contributed by atoms with Crippen LogP contribution < -0.4 is 10.1 Å². The largest absolute Gasteiger partial charge is 2.00 e. The van der Waals surface area contributed by atoms with Gasteiger partial charge in [0.2, 0.25) is 0 Å². The van der Waals surface area contributed by atoms with E-state index in [-0.39, 0.29) is 29.6 Å². The van der Waals surface area contributed by atoms with Crippen molar-refractivity contribution < 1.29 is 36.1 Å². The van der Waals surface area contributed by atoms with Gasteiger partial charge in [0.15, 0.2) is 0 Å². The minimum absolute atomic E-state index is 0. The van der Waals surface area contributed by atoms with E-state index in [1.54, 1.807) is 37.1 Å². The van der Waals surface area contributed by atoms with Crippen molar-refractivity contribution in [3.8, 4) is 5.75 Å². The second-order valence-electron chi connectivity index (χ2n) is 5.07. The van der Waals surface area contributed by atoms with Crippen LogP contribution >= 0.6 is 0 Å². The zero-order chi connectivity index (χ0) is 17.9. The molecule has 0 heterocycles. The Balaban J connectivity index is 0.000000486. The molecule has 5 nitrogen and oxygen atoms in total. The molecule has 0 bridgehead atoms. The van der Waals surface area contributed by atoms with Crippen LogP contribution in [0.15, 0.2) is 24.3 Å². The smallest absolute Gasteiger partial charge is 0.445 e. The maximum absolute atomic E-state index is 11.5. The molecule has 3 rings (SSSR count). The Bertz CT molecular complexity index is 530. The van der Waals surface area contributed by atoms with E-state index in [0.29, 0.717) is 11.8 Å². The normalized spacial score (nSPS) is 16.0. The van der Waals surface area contributed by atoms with Crippen molar-refractivity contribution in [1.82, 2.24) is 5.32 Å². The summed E-state index contributed by atoms with van der Waals surface area (Å²) in [6, 6.07) is 7.45. The van der Waals surface area contributed by atoms with E-state index in [0.717, 1.165) is 5.56 Å². The van der Waals surface area contributed by atoms with E-state index in [9.17, 15) is 9.59 Å². The molecule has 26 heavy (non-hydrogen) atoms. The third-order valence-corrected chi connectivity index (χ3v) is 3.02. The number of ether oxygens (including phenoxy) is 2. The molecule has 0 saturated heterocycles. The predicted octanol–water partition coefficient (Wildman–Crippen LogP) is 3.22. The molecule has 2 saturated carbocycles. The van der Waals surface area contributed by atoms with E-state index in [4.69, 9.17) is 9.47 Å². The van der Waals surface area contributed by atoms with E-state index in [1.807, 2.05) is 44.9 Å². The van der Waals surface area contributed by atoms with Crippen LogP contribution in [0.5, 0.6) is 5.75 Å². The molecule has 0 spiro atoms. The third-order valence-electron chi connectivity index (χ3n) is 3.02.